The van der Waals surface area contributed by atoms with E-state index in [-0.39, 0.29) is 35.4 Å². The van der Waals surface area contributed by atoms with E-state index in [9.17, 15) is 9.59 Å². The standard InChI is InChI=1S/C22H34O5Si/c1-8-26-21(24)20-16(9-10-18(20)23)19(27-28(5,6)7)13-17(22(2,3)4)15-11-12-25-14-15/h11-12,14,17,19H,8-10,13H2,1-7H3/t17-,19+/m0/s1. The summed E-state index contributed by atoms with van der Waals surface area (Å²) in [5, 5.41) is 0. The van der Waals surface area contributed by atoms with Gasteiger partial charge in [-0.05, 0) is 67.9 Å². The minimum atomic E-state index is -1.92. The van der Waals surface area contributed by atoms with Crippen molar-refractivity contribution in [3.8, 4) is 0 Å². The minimum Gasteiger partial charge on any atom is -0.472 e. The lowest BCUT2D eigenvalue weighted by molar-refractivity contribution is -0.139. The molecular formula is C22H34O5Si. The number of hydrogen-bond donors (Lipinski definition) is 0. The first-order valence-corrected chi connectivity index (χ1v) is 13.5. The third-order valence-electron chi connectivity index (χ3n) is 5.03. The molecule has 28 heavy (non-hydrogen) atoms. The summed E-state index contributed by atoms with van der Waals surface area (Å²) in [6.45, 7) is 15.0. The molecule has 2 atom stereocenters. The molecule has 5 nitrogen and oxygen atoms in total. The smallest absolute Gasteiger partial charge is 0.341 e. The number of rotatable bonds is 8. The molecule has 0 saturated heterocycles. The van der Waals surface area contributed by atoms with Gasteiger partial charge in [0.05, 0.1) is 25.2 Å². The van der Waals surface area contributed by atoms with E-state index in [1.54, 1.807) is 19.5 Å². The summed E-state index contributed by atoms with van der Waals surface area (Å²) in [7, 11) is -1.92. The molecule has 0 spiro atoms. The summed E-state index contributed by atoms with van der Waals surface area (Å²) in [6.07, 6.45) is 4.79. The topological polar surface area (TPSA) is 65.7 Å². The lowest BCUT2D eigenvalue weighted by Gasteiger charge is -2.36. The first kappa shape index (κ1) is 22.6. The number of esters is 1. The van der Waals surface area contributed by atoms with Crippen LogP contribution < -0.4 is 0 Å². The van der Waals surface area contributed by atoms with Gasteiger partial charge >= 0.3 is 5.97 Å². The van der Waals surface area contributed by atoms with E-state index in [4.69, 9.17) is 13.6 Å². The van der Waals surface area contributed by atoms with Crippen LogP contribution in [-0.4, -0.2) is 32.8 Å². The molecular weight excluding hydrogens is 372 g/mol. The fourth-order valence-corrected chi connectivity index (χ4v) is 4.90. The molecule has 0 fully saturated rings. The highest BCUT2D eigenvalue weighted by molar-refractivity contribution is 6.69. The van der Waals surface area contributed by atoms with E-state index < -0.39 is 14.3 Å². The van der Waals surface area contributed by atoms with Crippen LogP contribution in [0.4, 0.5) is 0 Å². The number of carbonyl (C=O) groups excluding carboxylic acids is 2. The second-order valence-electron chi connectivity index (χ2n) is 9.47. The van der Waals surface area contributed by atoms with Gasteiger partial charge in [-0.1, -0.05) is 20.8 Å². The van der Waals surface area contributed by atoms with E-state index in [1.165, 1.54) is 0 Å². The fourth-order valence-electron chi connectivity index (χ4n) is 3.81. The van der Waals surface area contributed by atoms with Crippen LogP contribution in [0.5, 0.6) is 0 Å². The third kappa shape index (κ3) is 5.67. The van der Waals surface area contributed by atoms with Gasteiger partial charge in [0.2, 0.25) is 0 Å². The van der Waals surface area contributed by atoms with Crippen LogP contribution in [0.15, 0.2) is 34.2 Å². The highest BCUT2D eigenvalue weighted by atomic mass is 28.4. The number of furan rings is 1. The molecule has 6 heteroatoms. The lowest BCUT2D eigenvalue weighted by atomic mass is 9.73. The van der Waals surface area contributed by atoms with Crippen molar-refractivity contribution in [2.45, 2.75) is 78.6 Å². The van der Waals surface area contributed by atoms with Crippen molar-refractivity contribution in [1.82, 2.24) is 0 Å². The molecule has 1 aromatic heterocycles. The third-order valence-corrected chi connectivity index (χ3v) is 6.02. The molecule has 2 rings (SSSR count). The van der Waals surface area contributed by atoms with Crippen molar-refractivity contribution >= 4 is 20.1 Å². The molecule has 0 aliphatic heterocycles. The maximum Gasteiger partial charge on any atom is 0.341 e. The maximum atomic E-state index is 12.5. The molecule has 0 unspecified atom stereocenters. The van der Waals surface area contributed by atoms with Crippen molar-refractivity contribution in [3.05, 3.63) is 35.3 Å². The van der Waals surface area contributed by atoms with E-state index in [0.29, 0.717) is 19.3 Å². The molecule has 0 bridgehead atoms. The Morgan fingerprint density at radius 1 is 1.25 bits per heavy atom. The number of Topliss-reactive ketones (excluding diaryl/α,β-unsaturated/α-hetero) is 1. The van der Waals surface area contributed by atoms with Gasteiger partial charge in [0.1, 0.15) is 5.57 Å². The second-order valence-corrected chi connectivity index (χ2v) is 13.9. The van der Waals surface area contributed by atoms with Gasteiger partial charge in [-0.2, -0.15) is 0 Å². The zero-order valence-electron chi connectivity index (χ0n) is 18.3. The first-order valence-electron chi connectivity index (χ1n) is 10.1. The summed E-state index contributed by atoms with van der Waals surface area (Å²) in [5.41, 5.74) is 2.10. The van der Waals surface area contributed by atoms with E-state index in [2.05, 4.69) is 40.4 Å². The average molecular weight is 407 g/mol. The zero-order chi connectivity index (χ0) is 21.1. The summed E-state index contributed by atoms with van der Waals surface area (Å²) in [4.78, 5) is 25.0. The fraction of sp³-hybridized carbons (Fsp3) is 0.636. The molecule has 1 aliphatic rings. The Morgan fingerprint density at radius 2 is 1.93 bits per heavy atom. The number of carbonyl (C=O) groups is 2. The summed E-state index contributed by atoms with van der Waals surface area (Å²) >= 11 is 0. The molecule has 1 heterocycles. The number of hydrogen-bond acceptors (Lipinski definition) is 5. The molecule has 0 N–H and O–H groups in total. The molecule has 156 valence electrons. The SMILES string of the molecule is CCOC(=O)C1=C([C@@H](C[C@@H](c2ccoc2)C(C)(C)C)O[Si](C)(C)C)CCC1=O. The van der Waals surface area contributed by atoms with Crippen LogP contribution >= 0.6 is 0 Å². The quantitative estimate of drug-likeness (QED) is 0.335. The predicted molar refractivity (Wildman–Crippen MR) is 112 cm³/mol. The summed E-state index contributed by atoms with van der Waals surface area (Å²) in [6, 6.07) is 1.99. The van der Waals surface area contributed by atoms with Crippen molar-refractivity contribution < 1.29 is 23.2 Å². The van der Waals surface area contributed by atoms with Crippen molar-refractivity contribution in [2.75, 3.05) is 6.61 Å². The highest BCUT2D eigenvalue weighted by Gasteiger charge is 2.39. The number of ether oxygens (including phenoxy) is 1. The Kier molecular flexibility index (Phi) is 7.10. The first-order chi connectivity index (χ1) is 12.9. The Balaban J connectivity index is 2.46. The van der Waals surface area contributed by atoms with Crippen LogP contribution in [0.1, 0.15) is 58.4 Å². The molecule has 0 aromatic carbocycles. The second kappa shape index (κ2) is 8.78. The van der Waals surface area contributed by atoms with Crippen LogP contribution in [-0.2, 0) is 18.8 Å². The zero-order valence-corrected chi connectivity index (χ0v) is 19.3. The van der Waals surface area contributed by atoms with Gasteiger partial charge in [0.25, 0.3) is 0 Å². The largest absolute Gasteiger partial charge is 0.472 e. The highest BCUT2D eigenvalue weighted by Crippen LogP contribution is 2.42. The Morgan fingerprint density at radius 3 is 2.43 bits per heavy atom. The summed E-state index contributed by atoms with van der Waals surface area (Å²) < 4.78 is 17.1. The van der Waals surface area contributed by atoms with Crippen molar-refractivity contribution in [2.24, 2.45) is 5.41 Å². The Hall–Kier alpha value is -1.66. The van der Waals surface area contributed by atoms with Gasteiger partial charge in [-0.3, -0.25) is 4.79 Å². The number of ketones is 1. The summed E-state index contributed by atoms with van der Waals surface area (Å²) in [5.74, 6) is -0.479. The monoisotopic (exact) mass is 406 g/mol. The normalized spacial score (nSPS) is 17.8. The van der Waals surface area contributed by atoms with Crippen LogP contribution in [0.25, 0.3) is 0 Å². The lowest BCUT2D eigenvalue weighted by Crippen LogP contribution is -2.36. The van der Waals surface area contributed by atoms with Crippen molar-refractivity contribution in [3.63, 3.8) is 0 Å². The van der Waals surface area contributed by atoms with Crippen LogP contribution in [0, 0.1) is 5.41 Å². The molecule has 1 aliphatic carbocycles. The van der Waals surface area contributed by atoms with Gasteiger partial charge in [0.15, 0.2) is 14.1 Å². The van der Waals surface area contributed by atoms with Gasteiger partial charge in [0, 0.05) is 6.42 Å². The molecule has 0 radical (unpaired) electrons. The average Bonchev–Trinajstić information content (AvgIpc) is 3.18. The molecule has 1 aromatic rings. The maximum absolute atomic E-state index is 12.5. The van der Waals surface area contributed by atoms with E-state index in [1.807, 2.05) is 6.07 Å². The molecule has 0 amide bonds. The van der Waals surface area contributed by atoms with Gasteiger partial charge in [-0.15, -0.1) is 0 Å². The van der Waals surface area contributed by atoms with E-state index >= 15 is 0 Å². The van der Waals surface area contributed by atoms with E-state index in [0.717, 1.165) is 11.1 Å². The Labute approximate surface area is 169 Å². The Bertz CT molecular complexity index is 719. The van der Waals surface area contributed by atoms with Crippen LogP contribution in [0.3, 0.4) is 0 Å². The molecule has 0 saturated carbocycles. The van der Waals surface area contributed by atoms with Gasteiger partial charge in [-0.25, -0.2) is 4.79 Å². The minimum absolute atomic E-state index is 0.0296. The van der Waals surface area contributed by atoms with Crippen molar-refractivity contribution in [1.29, 1.82) is 0 Å². The van der Waals surface area contributed by atoms with Crippen LogP contribution in [0.2, 0.25) is 19.6 Å². The predicted octanol–water partition coefficient (Wildman–Crippen LogP) is 5.24. The van der Waals surface area contributed by atoms with Gasteiger partial charge < -0.3 is 13.6 Å².